The minimum atomic E-state index is -0.366. The summed E-state index contributed by atoms with van der Waals surface area (Å²) in [7, 11) is 0. The molecule has 1 aromatic carbocycles. The molecule has 1 aromatic heterocycles. The van der Waals surface area contributed by atoms with E-state index in [0.717, 1.165) is 37.9 Å². The van der Waals surface area contributed by atoms with Crippen LogP contribution in [0.1, 0.15) is 31.2 Å². The number of nitrogens with two attached hydrogens (primary N) is 2. The Hall–Kier alpha value is -2.18. The van der Waals surface area contributed by atoms with Gasteiger partial charge in [0.15, 0.2) is 0 Å². The molecule has 2 aromatic rings. The van der Waals surface area contributed by atoms with E-state index >= 15 is 0 Å². The van der Waals surface area contributed by atoms with Gasteiger partial charge in [0, 0.05) is 24.8 Å². The first-order chi connectivity index (χ1) is 11.1. The molecule has 0 amide bonds. The maximum absolute atomic E-state index is 11.8. The van der Waals surface area contributed by atoms with Crippen molar-refractivity contribution < 1.29 is 0 Å². The van der Waals surface area contributed by atoms with E-state index < -0.39 is 0 Å². The minimum absolute atomic E-state index is 0.235. The smallest absolute Gasteiger partial charge is 0.354 e. The van der Waals surface area contributed by atoms with E-state index in [1.165, 1.54) is 10.1 Å². The van der Waals surface area contributed by atoms with Crippen molar-refractivity contribution in [3.05, 3.63) is 52.6 Å². The van der Waals surface area contributed by atoms with E-state index in [2.05, 4.69) is 10.3 Å². The lowest BCUT2D eigenvalue weighted by Crippen LogP contribution is -2.37. The molecule has 0 spiro atoms. The molecule has 0 unspecified atom stereocenters. The SMILES string of the molecule is Nc1ccn(-c2ccc(CNC3CCC(N)CC3)cc2)c(=O)n1. The monoisotopic (exact) mass is 313 g/mol. The quantitative estimate of drug-likeness (QED) is 0.787. The molecule has 23 heavy (non-hydrogen) atoms. The van der Waals surface area contributed by atoms with Gasteiger partial charge in [-0.05, 0) is 49.4 Å². The van der Waals surface area contributed by atoms with Crippen LogP contribution in [0.15, 0.2) is 41.3 Å². The van der Waals surface area contributed by atoms with Crippen LogP contribution in [0.5, 0.6) is 0 Å². The Balaban J connectivity index is 1.62. The number of aromatic nitrogens is 2. The molecule has 0 aliphatic heterocycles. The van der Waals surface area contributed by atoms with Crippen LogP contribution < -0.4 is 22.5 Å². The van der Waals surface area contributed by atoms with Gasteiger partial charge in [-0.3, -0.25) is 4.57 Å². The van der Waals surface area contributed by atoms with E-state index in [1.54, 1.807) is 12.3 Å². The molecular formula is C17H23N5O. The van der Waals surface area contributed by atoms with Crippen LogP contribution >= 0.6 is 0 Å². The zero-order chi connectivity index (χ0) is 16.2. The molecule has 6 heteroatoms. The fourth-order valence-electron chi connectivity index (χ4n) is 2.97. The van der Waals surface area contributed by atoms with E-state index in [4.69, 9.17) is 11.5 Å². The van der Waals surface area contributed by atoms with Crippen molar-refractivity contribution in [1.82, 2.24) is 14.9 Å². The first-order valence-corrected chi connectivity index (χ1v) is 8.05. The molecule has 1 aliphatic carbocycles. The van der Waals surface area contributed by atoms with Crippen molar-refractivity contribution in [2.75, 3.05) is 5.73 Å². The maximum atomic E-state index is 11.8. The number of hydrogen-bond donors (Lipinski definition) is 3. The fourth-order valence-corrected chi connectivity index (χ4v) is 2.97. The van der Waals surface area contributed by atoms with Crippen LogP contribution in [0.2, 0.25) is 0 Å². The highest BCUT2D eigenvalue weighted by Gasteiger charge is 2.17. The number of hydrogen-bond acceptors (Lipinski definition) is 5. The third kappa shape index (κ3) is 3.97. The fraction of sp³-hybridized carbons (Fsp3) is 0.412. The van der Waals surface area contributed by atoms with Crippen LogP contribution in [0.25, 0.3) is 5.69 Å². The van der Waals surface area contributed by atoms with Crippen molar-refractivity contribution in [2.45, 2.75) is 44.3 Å². The number of anilines is 1. The third-order valence-corrected chi connectivity index (χ3v) is 4.41. The predicted octanol–water partition coefficient (Wildman–Crippen LogP) is 1.17. The van der Waals surface area contributed by atoms with Gasteiger partial charge < -0.3 is 16.8 Å². The molecule has 1 aliphatic rings. The highest BCUT2D eigenvalue weighted by atomic mass is 16.1. The summed E-state index contributed by atoms with van der Waals surface area (Å²) in [6, 6.07) is 10.4. The highest BCUT2D eigenvalue weighted by molar-refractivity contribution is 5.36. The number of nitrogens with zero attached hydrogens (tertiary/aromatic N) is 2. The molecule has 5 N–H and O–H groups in total. The summed E-state index contributed by atoms with van der Waals surface area (Å²) >= 11 is 0. The van der Waals surface area contributed by atoms with Gasteiger partial charge in [-0.15, -0.1) is 0 Å². The van der Waals surface area contributed by atoms with Crippen LogP contribution in [0.3, 0.4) is 0 Å². The largest absolute Gasteiger partial charge is 0.383 e. The Labute approximate surface area is 135 Å². The van der Waals surface area contributed by atoms with E-state index in [9.17, 15) is 4.79 Å². The molecule has 0 radical (unpaired) electrons. The Morgan fingerprint density at radius 2 is 1.83 bits per heavy atom. The van der Waals surface area contributed by atoms with Gasteiger partial charge >= 0.3 is 5.69 Å². The topological polar surface area (TPSA) is 99.0 Å². The Bertz CT molecular complexity index is 702. The minimum Gasteiger partial charge on any atom is -0.383 e. The average Bonchev–Trinajstić information content (AvgIpc) is 2.55. The van der Waals surface area contributed by atoms with Crippen molar-refractivity contribution in [1.29, 1.82) is 0 Å². The third-order valence-electron chi connectivity index (χ3n) is 4.41. The molecule has 1 fully saturated rings. The molecule has 0 bridgehead atoms. The zero-order valence-electron chi connectivity index (χ0n) is 13.1. The second kappa shape index (κ2) is 6.93. The van der Waals surface area contributed by atoms with Gasteiger partial charge in [0.1, 0.15) is 5.82 Å². The molecule has 122 valence electrons. The summed E-state index contributed by atoms with van der Waals surface area (Å²) in [5.74, 6) is 0.235. The predicted molar refractivity (Wildman–Crippen MR) is 91.3 cm³/mol. The molecule has 3 rings (SSSR count). The van der Waals surface area contributed by atoms with Gasteiger partial charge in [-0.2, -0.15) is 4.98 Å². The lowest BCUT2D eigenvalue weighted by Gasteiger charge is -2.27. The van der Waals surface area contributed by atoms with Crippen molar-refractivity contribution in [3.63, 3.8) is 0 Å². The van der Waals surface area contributed by atoms with Crippen LogP contribution in [-0.4, -0.2) is 21.6 Å². The van der Waals surface area contributed by atoms with Crippen LogP contribution in [0, 0.1) is 0 Å². The van der Waals surface area contributed by atoms with Gasteiger partial charge in [0.05, 0.1) is 5.69 Å². The summed E-state index contributed by atoms with van der Waals surface area (Å²) in [6.07, 6.45) is 6.13. The average molecular weight is 313 g/mol. The lowest BCUT2D eigenvalue weighted by molar-refractivity contribution is 0.342. The summed E-state index contributed by atoms with van der Waals surface area (Å²) in [4.78, 5) is 15.6. The van der Waals surface area contributed by atoms with Gasteiger partial charge in [-0.1, -0.05) is 12.1 Å². The highest BCUT2D eigenvalue weighted by Crippen LogP contribution is 2.17. The normalized spacial score (nSPS) is 21.3. The van der Waals surface area contributed by atoms with E-state index in [1.807, 2.05) is 24.3 Å². The number of benzene rings is 1. The molecule has 0 atom stereocenters. The molecule has 1 heterocycles. The molecule has 0 saturated heterocycles. The van der Waals surface area contributed by atoms with E-state index in [-0.39, 0.29) is 11.5 Å². The summed E-state index contributed by atoms with van der Waals surface area (Å²) in [6.45, 7) is 0.828. The second-order valence-electron chi connectivity index (χ2n) is 6.16. The number of nitrogen functional groups attached to an aromatic ring is 1. The summed E-state index contributed by atoms with van der Waals surface area (Å²) in [5.41, 5.74) is 13.1. The van der Waals surface area contributed by atoms with Gasteiger partial charge in [0.25, 0.3) is 0 Å². The van der Waals surface area contributed by atoms with Crippen LogP contribution in [-0.2, 0) is 6.54 Å². The Kier molecular flexibility index (Phi) is 4.73. The van der Waals surface area contributed by atoms with Gasteiger partial charge in [0.2, 0.25) is 0 Å². The lowest BCUT2D eigenvalue weighted by atomic mass is 9.92. The van der Waals surface area contributed by atoms with Crippen molar-refractivity contribution in [3.8, 4) is 5.69 Å². The van der Waals surface area contributed by atoms with Gasteiger partial charge in [-0.25, -0.2) is 4.79 Å². The first kappa shape index (κ1) is 15.7. The maximum Gasteiger partial charge on any atom is 0.354 e. The second-order valence-corrected chi connectivity index (χ2v) is 6.16. The van der Waals surface area contributed by atoms with Crippen LogP contribution in [0.4, 0.5) is 5.82 Å². The Morgan fingerprint density at radius 1 is 1.13 bits per heavy atom. The number of nitrogens with one attached hydrogen (secondary N) is 1. The van der Waals surface area contributed by atoms with E-state index in [0.29, 0.717) is 12.1 Å². The zero-order valence-corrected chi connectivity index (χ0v) is 13.1. The molecule has 6 nitrogen and oxygen atoms in total. The van der Waals surface area contributed by atoms with Crippen molar-refractivity contribution in [2.24, 2.45) is 5.73 Å². The standard InChI is InChI=1S/C17H23N5O/c18-13-3-5-14(6-4-13)20-11-12-1-7-15(8-2-12)22-10-9-16(19)21-17(22)23/h1-2,7-10,13-14,20H,3-6,11,18H2,(H2,19,21,23). The molecular weight excluding hydrogens is 290 g/mol. The molecule has 1 saturated carbocycles. The van der Waals surface area contributed by atoms with Crippen molar-refractivity contribution >= 4 is 5.82 Å². The summed E-state index contributed by atoms with van der Waals surface area (Å²) in [5, 5.41) is 3.58. The first-order valence-electron chi connectivity index (χ1n) is 8.05. The summed E-state index contributed by atoms with van der Waals surface area (Å²) < 4.78 is 1.48. The Morgan fingerprint density at radius 3 is 2.48 bits per heavy atom. The number of rotatable bonds is 4.